The number of esters is 1. The third kappa shape index (κ3) is 8.41. The number of benzene rings is 2. The molecule has 4 aromatic rings. The van der Waals surface area contributed by atoms with Crippen molar-refractivity contribution in [3.05, 3.63) is 59.9 Å². The van der Waals surface area contributed by atoms with Crippen molar-refractivity contribution in [3.8, 4) is 12.1 Å². The number of aromatic nitrogens is 4. The molecule has 0 amide bonds. The van der Waals surface area contributed by atoms with E-state index < -0.39 is 0 Å². The van der Waals surface area contributed by atoms with Crippen molar-refractivity contribution in [1.29, 1.82) is 10.5 Å². The number of carbonyl (C=O) groups excluding carboxylic acids is 3. The Morgan fingerprint density at radius 2 is 1.63 bits per heavy atom. The molecule has 2 aromatic carbocycles. The van der Waals surface area contributed by atoms with E-state index >= 15 is 0 Å². The Morgan fingerprint density at radius 3 is 2.29 bits per heavy atom. The van der Waals surface area contributed by atoms with Gasteiger partial charge in [0.15, 0.2) is 0 Å². The van der Waals surface area contributed by atoms with E-state index in [0.717, 1.165) is 34.8 Å². The first kappa shape index (κ1) is 29.4. The lowest BCUT2D eigenvalue weighted by atomic mass is 10.1. The van der Waals surface area contributed by atoms with Crippen molar-refractivity contribution in [2.45, 2.75) is 59.0 Å². The van der Waals surface area contributed by atoms with Crippen LogP contribution in [0, 0.1) is 22.7 Å². The SMILES string of the molecule is CCCCCn1ncc2c(C#N)cccc21.CCOC(=O)CCCn1cc2c(C#N)cccc2n1.O=C=O. The van der Waals surface area contributed by atoms with Crippen LogP contribution in [0.2, 0.25) is 0 Å². The van der Waals surface area contributed by atoms with Crippen molar-refractivity contribution < 1.29 is 19.1 Å². The molecule has 196 valence electrons. The van der Waals surface area contributed by atoms with Gasteiger partial charge in [-0.2, -0.15) is 30.3 Å². The summed E-state index contributed by atoms with van der Waals surface area (Å²) in [6, 6.07) is 15.6. The number of rotatable bonds is 9. The average Bonchev–Trinajstić information content (AvgIpc) is 3.53. The molecule has 0 radical (unpaired) electrons. The van der Waals surface area contributed by atoms with Gasteiger partial charge in [-0.25, -0.2) is 0 Å². The monoisotopic (exact) mass is 514 g/mol. The number of fused-ring (bicyclic) bond motifs is 2. The summed E-state index contributed by atoms with van der Waals surface area (Å²) in [7, 11) is 0. The molecule has 0 aliphatic carbocycles. The Morgan fingerprint density at radius 1 is 0.947 bits per heavy atom. The minimum Gasteiger partial charge on any atom is -0.466 e. The molecular formula is C28H30N6O4. The van der Waals surface area contributed by atoms with Gasteiger partial charge in [0.25, 0.3) is 0 Å². The molecule has 10 heteroatoms. The summed E-state index contributed by atoms with van der Waals surface area (Å²) in [5.41, 5.74) is 3.19. The fraction of sp³-hybridized carbons (Fsp3) is 0.357. The van der Waals surface area contributed by atoms with Crippen molar-refractivity contribution in [2.75, 3.05) is 6.61 Å². The van der Waals surface area contributed by atoms with Gasteiger partial charge in [0.05, 0.1) is 47.1 Å². The summed E-state index contributed by atoms with van der Waals surface area (Å²) >= 11 is 0. The maximum Gasteiger partial charge on any atom is 0.373 e. The van der Waals surface area contributed by atoms with Gasteiger partial charge in [-0.3, -0.25) is 14.2 Å². The summed E-state index contributed by atoms with van der Waals surface area (Å²) in [5.74, 6) is -0.183. The van der Waals surface area contributed by atoms with Gasteiger partial charge in [0.1, 0.15) is 0 Å². The van der Waals surface area contributed by atoms with Crippen LogP contribution in [0.3, 0.4) is 0 Å². The number of hydrogen-bond donors (Lipinski definition) is 0. The zero-order chi connectivity index (χ0) is 27.8. The maximum atomic E-state index is 11.2. The predicted octanol–water partition coefficient (Wildman–Crippen LogP) is 4.77. The van der Waals surface area contributed by atoms with Crippen LogP contribution in [0.25, 0.3) is 21.8 Å². The van der Waals surface area contributed by atoms with E-state index in [4.69, 9.17) is 24.8 Å². The van der Waals surface area contributed by atoms with Crippen molar-refractivity contribution in [3.63, 3.8) is 0 Å². The van der Waals surface area contributed by atoms with E-state index in [1.807, 2.05) is 41.2 Å². The zero-order valence-electron chi connectivity index (χ0n) is 21.6. The smallest absolute Gasteiger partial charge is 0.373 e. The number of carbonyl (C=O) groups is 1. The molecule has 0 N–H and O–H groups in total. The molecule has 4 rings (SSSR count). The molecular weight excluding hydrogens is 484 g/mol. The molecule has 0 spiro atoms. The summed E-state index contributed by atoms with van der Waals surface area (Å²) in [4.78, 5) is 27.5. The lowest BCUT2D eigenvalue weighted by molar-refractivity contribution is -0.191. The number of nitriles is 2. The Kier molecular flexibility index (Phi) is 12.4. The molecule has 0 atom stereocenters. The molecule has 0 fully saturated rings. The topological polar surface area (TPSA) is 144 Å². The van der Waals surface area contributed by atoms with Crippen molar-refractivity contribution in [2.24, 2.45) is 0 Å². The molecule has 0 aliphatic rings. The van der Waals surface area contributed by atoms with Gasteiger partial charge in [-0.1, -0.05) is 31.9 Å². The molecule has 2 aromatic heterocycles. The van der Waals surface area contributed by atoms with E-state index in [1.165, 1.54) is 12.8 Å². The van der Waals surface area contributed by atoms with Crippen LogP contribution in [0.15, 0.2) is 48.8 Å². The summed E-state index contributed by atoms with van der Waals surface area (Å²) in [5, 5.41) is 28.5. The van der Waals surface area contributed by atoms with Gasteiger partial charge in [0.2, 0.25) is 0 Å². The maximum absolute atomic E-state index is 11.2. The van der Waals surface area contributed by atoms with E-state index in [9.17, 15) is 4.79 Å². The standard InChI is InChI=1S/C14H15N3O2.C13H15N3.CO2/c1-2-19-14(18)7-4-8-17-10-12-11(9-15)5-3-6-13(12)16-17;1-2-3-4-8-16-13-7-5-6-11(9-14)12(13)10-15-16;2-1-3/h3,5-6,10H,2,4,7-8H2,1H3;5-7,10H,2-4,8H2,1H3;. The van der Waals surface area contributed by atoms with Gasteiger partial charge in [0, 0.05) is 36.5 Å². The molecule has 2 heterocycles. The van der Waals surface area contributed by atoms with E-state index in [-0.39, 0.29) is 12.1 Å². The largest absolute Gasteiger partial charge is 0.466 e. The third-order valence-corrected chi connectivity index (χ3v) is 5.57. The van der Waals surface area contributed by atoms with E-state index in [0.29, 0.717) is 37.1 Å². The fourth-order valence-electron chi connectivity index (χ4n) is 3.81. The molecule has 38 heavy (non-hydrogen) atoms. The summed E-state index contributed by atoms with van der Waals surface area (Å²) in [6.07, 6.45) is 8.52. The lowest BCUT2D eigenvalue weighted by Gasteiger charge is -2.02. The van der Waals surface area contributed by atoms with Gasteiger partial charge < -0.3 is 4.74 Å². The zero-order valence-corrected chi connectivity index (χ0v) is 21.6. The Hall–Kier alpha value is -4.79. The van der Waals surface area contributed by atoms with Crippen molar-refractivity contribution >= 4 is 33.9 Å². The number of nitrogens with zero attached hydrogens (tertiary/aromatic N) is 6. The van der Waals surface area contributed by atoms with Gasteiger partial charge >= 0.3 is 12.1 Å². The highest BCUT2D eigenvalue weighted by atomic mass is 16.5. The first-order valence-corrected chi connectivity index (χ1v) is 12.4. The second-order valence-electron chi connectivity index (χ2n) is 8.16. The van der Waals surface area contributed by atoms with Gasteiger partial charge in [-0.15, -0.1) is 0 Å². The molecule has 0 saturated carbocycles. The highest BCUT2D eigenvalue weighted by molar-refractivity contribution is 5.85. The second-order valence-corrected chi connectivity index (χ2v) is 8.16. The lowest BCUT2D eigenvalue weighted by Crippen LogP contribution is -2.06. The highest BCUT2D eigenvalue weighted by Gasteiger charge is 2.07. The van der Waals surface area contributed by atoms with Crippen LogP contribution in [-0.2, 0) is 32.2 Å². The van der Waals surface area contributed by atoms with Crippen LogP contribution in [-0.4, -0.2) is 38.3 Å². The second kappa shape index (κ2) is 16.1. The Labute approximate surface area is 221 Å². The predicted molar refractivity (Wildman–Crippen MR) is 139 cm³/mol. The normalized spacial score (nSPS) is 9.79. The first-order chi connectivity index (χ1) is 18.5. The van der Waals surface area contributed by atoms with Crippen molar-refractivity contribution in [1.82, 2.24) is 19.6 Å². The van der Waals surface area contributed by atoms with E-state index in [1.54, 1.807) is 23.9 Å². The summed E-state index contributed by atoms with van der Waals surface area (Å²) in [6.45, 7) is 5.97. The highest BCUT2D eigenvalue weighted by Crippen LogP contribution is 2.18. The van der Waals surface area contributed by atoms with Crippen LogP contribution < -0.4 is 0 Å². The number of hydrogen-bond acceptors (Lipinski definition) is 8. The minimum absolute atomic E-state index is 0.183. The Balaban J connectivity index is 0.000000245. The molecule has 0 bridgehead atoms. The van der Waals surface area contributed by atoms with Gasteiger partial charge in [-0.05, 0) is 44.0 Å². The van der Waals surface area contributed by atoms with Crippen LogP contribution in [0.4, 0.5) is 0 Å². The first-order valence-electron chi connectivity index (χ1n) is 12.4. The molecule has 10 nitrogen and oxygen atoms in total. The Bertz CT molecular complexity index is 1450. The quantitative estimate of drug-likeness (QED) is 0.229. The van der Waals surface area contributed by atoms with E-state index in [2.05, 4.69) is 29.3 Å². The third-order valence-electron chi connectivity index (χ3n) is 5.57. The molecule has 0 saturated heterocycles. The van der Waals surface area contributed by atoms with Crippen LogP contribution in [0.1, 0.15) is 57.1 Å². The minimum atomic E-state index is -0.183. The van der Waals surface area contributed by atoms with Crippen LogP contribution >= 0.6 is 0 Å². The number of ether oxygens (including phenoxy) is 1. The number of aryl methyl sites for hydroxylation is 2. The fourth-order valence-corrected chi connectivity index (χ4v) is 3.81. The number of unbranched alkanes of at least 4 members (excludes halogenated alkanes) is 2. The average molecular weight is 515 g/mol. The molecule has 0 aliphatic heterocycles. The molecule has 0 unspecified atom stereocenters. The van der Waals surface area contributed by atoms with Crippen LogP contribution in [0.5, 0.6) is 0 Å². The summed E-state index contributed by atoms with van der Waals surface area (Å²) < 4.78 is 8.62.